The molecule has 602 valence electrons. The number of ether oxygens (including phenoxy) is 7. The summed E-state index contributed by atoms with van der Waals surface area (Å²) in [6.45, 7) is 46.0. The van der Waals surface area contributed by atoms with Crippen molar-refractivity contribution in [3.63, 3.8) is 0 Å². The predicted molar refractivity (Wildman–Crippen MR) is 489 cm³/mol. The van der Waals surface area contributed by atoms with Gasteiger partial charge in [-0.2, -0.15) is 0 Å². The lowest BCUT2D eigenvalue weighted by molar-refractivity contribution is 0.0390. The van der Waals surface area contributed by atoms with Crippen molar-refractivity contribution in [3.05, 3.63) is 258 Å². The molecule has 16 rings (SSSR count). The number of cyclic esters (lactones) is 2. The van der Waals surface area contributed by atoms with Crippen molar-refractivity contribution in [2.45, 2.75) is 186 Å². The Morgan fingerprint density at radius 2 is 0.517 bits per heavy atom. The van der Waals surface area contributed by atoms with Crippen molar-refractivity contribution in [1.29, 1.82) is 0 Å². The van der Waals surface area contributed by atoms with Crippen molar-refractivity contribution in [1.82, 2.24) is 0 Å². The Kier molecular flexibility index (Phi) is 19.8. The van der Waals surface area contributed by atoms with E-state index in [1.165, 1.54) is 22.3 Å². The van der Waals surface area contributed by atoms with Gasteiger partial charge in [0.25, 0.3) is 0 Å². The molecule has 0 amide bonds. The Morgan fingerprint density at radius 1 is 0.254 bits per heavy atom. The second-order valence-electron chi connectivity index (χ2n) is 40.5. The molecule has 118 heavy (non-hydrogen) atoms. The quantitative estimate of drug-likeness (QED) is 0.0282. The Balaban J connectivity index is 1.00. The van der Waals surface area contributed by atoms with Crippen LogP contribution >= 0.6 is 0 Å². The second-order valence-corrected chi connectivity index (χ2v) is 40.5. The zero-order valence-electron chi connectivity index (χ0n) is 72.8. The van der Waals surface area contributed by atoms with E-state index < -0.39 is 11.9 Å². The molecule has 0 bridgehead atoms. The molecular formula is C108H111NO9. The molecule has 1 aliphatic heterocycles. The van der Waals surface area contributed by atoms with Crippen molar-refractivity contribution in [3.8, 4) is 68.6 Å². The van der Waals surface area contributed by atoms with Crippen molar-refractivity contribution in [2.75, 3.05) is 19.1 Å². The highest BCUT2D eigenvalue weighted by Crippen LogP contribution is 2.58. The smallest absolute Gasteiger partial charge is 0.346 e. The number of methoxy groups -OCH3 is 2. The van der Waals surface area contributed by atoms with E-state index in [1.807, 2.05) is 48.5 Å². The lowest BCUT2D eigenvalue weighted by Crippen LogP contribution is -2.24. The number of carbonyl (C=O) groups is 2. The van der Waals surface area contributed by atoms with Crippen LogP contribution in [0.2, 0.25) is 0 Å². The Labute approximate surface area is 696 Å². The van der Waals surface area contributed by atoms with Crippen LogP contribution in [0.1, 0.15) is 207 Å². The minimum atomic E-state index is -0.756. The lowest BCUT2D eigenvalue weighted by atomic mass is 9.72. The van der Waals surface area contributed by atoms with Gasteiger partial charge in [-0.05, 0) is 280 Å². The van der Waals surface area contributed by atoms with Gasteiger partial charge in [0.2, 0.25) is 0 Å². The number of anilines is 3. The third-order valence-corrected chi connectivity index (χ3v) is 23.9. The van der Waals surface area contributed by atoms with E-state index in [9.17, 15) is 9.59 Å². The SMILES string of the molecule is COc1ccc(N(c2ccc(OC)cc2)c2ccc(-c3cc(Oc4ccc(C(C)(C)CC(C)(C)C)cc4)c4c5ccc6c7c(Oc8ccc(C(C)(C)CC(C)(C)C)cc8)cc8c9c(cc(Oc%10ccc(C(C)(C)CC(C)(C)C)cc%10)c(c%10ccc(c%11c(Oc%12ccc(C(C)(C)CC(C)(C)C)cc%12)ccc3c%114)c5c%106)c97)C(=O)OC8=O)cc2)cc1. The van der Waals surface area contributed by atoms with Gasteiger partial charge in [-0.15, -0.1) is 0 Å². The van der Waals surface area contributed by atoms with E-state index in [1.54, 1.807) is 26.4 Å². The maximum Gasteiger partial charge on any atom is 0.346 e. The van der Waals surface area contributed by atoms with Crippen LogP contribution in [0, 0.1) is 21.7 Å². The molecule has 0 aliphatic carbocycles. The second kappa shape index (κ2) is 29.2. The first kappa shape index (κ1) is 80.2. The summed E-state index contributed by atoms with van der Waals surface area (Å²) in [5.74, 6) is 4.67. The molecule has 0 saturated carbocycles. The number of carbonyl (C=O) groups excluding carboxylic acids is 2. The average molecular weight is 1570 g/mol. The maximum atomic E-state index is 14.7. The highest BCUT2D eigenvalue weighted by Gasteiger charge is 2.38. The van der Waals surface area contributed by atoms with Gasteiger partial charge in [0.1, 0.15) is 57.5 Å². The van der Waals surface area contributed by atoms with E-state index in [4.69, 9.17) is 33.2 Å². The van der Waals surface area contributed by atoms with Crippen molar-refractivity contribution >= 4 is 104 Å². The molecule has 0 atom stereocenters. The monoisotopic (exact) mass is 1570 g/mol. The summed E-state index contributed by atoms with van der Waals surface area (Å²) in [7, 11) is 3.37. The molecule has 0 N–H and O–H groups in total. The Hall–Kier alpha value is -11.6. The van der Waals surface area contributed by atoms with Crippen LogP contribution in [0.5, 0.6) is 57.5 Å². The van der Waals surface area contributed by atoms with E-state index in [-0.39, 0.29) is 54.4 Å². The van der Waals surface area contributed by atoms with Gasteiger partial charge in [0.05, 0.1) is 25.3 Å². The molecule has 0 unspecified atom stereocenters. The first-order chi connectivity index (χ1) is 55.6. The normalized spacial score (nSPS) is 13.4. The van der Waals surface area contributed by atoms with Crippen LogP contribution in [0.3, 0.4) is 0 Å². The molecular weight excluding hydrogens is 1460 g/mol. The number of benzene rings is 15. The minimum Gasteiger partial charge on any atom is -0.497 e. The Bertz CT molecular complexity index is 6120. The molecule has 0 aromatic heterocycles. The minimum absolute atomic E-state index is 0.0783. The maximum absolute atomic E-state index is 14.7. The molecule has 1 aliphatic rings. The summed E-state index contributed by atoms with van der Waals surface area (Å²) in [6, 6.07) is 78.1. The van der Waals surface area contributed by atoms with Crippen molar-refractivity contribution in [2.24, 2.45) is 21.7 Å². The summed E-state index contributed by atoms with van der Waals surface area (Å²) >= 11 is 0. The van der Waals surface area contributed by atoms with Crippen LogP contribution in [-0.2, 0) is 26.4 Å². The fourth-order valence-corrected chi connectivity index (χ4v) is 20.4. The molecule has 10 heteroatoms. The molecule has 0 fully saturated rings. The fraction of sp³-hybridized carbons (Fsp3) is 0.315. The molecule has 10 nitrogen and oxygen atoms in total. The van der Waals surface area contributed by atoms with Crippen LogP contribution in [0.4, 0.5) is 17.1 Å². The lowest BCUT2D eigenvalue weighted by Gasteiger charge is -2.33. The van der Waals surface area contributed by atoms with E-state index in [2.05, 4.69) is 307 Å². The molecule has 0 spiro atoms. The van der Waals surface area contributed by atoms with Crippen LogP contribution in [0.25, 0.3) is 86.5 Å². The Morgan fingerprint density at radius 3 is 0.822 bits per heavy atom. The van der Waals surface area contributed by atoms with E-state index in [0.29, 0.717) is 67.5 Å². The van der Waals surface area contributed by atoms with Gasteiger partial charge in [0, 0.05) is 54.8 Å². The van der Waals surface area contributed by atoms with Gasteiger partial charge < -0.3 is 38.1 Å². The summed E-state index contributed by atoms with van der Waals surface area (Å²) in [5.41, 5.74) is 9.83. The third kappa shape index (κ3) is 15.4. The van der Waals surface area contributed by atoms with Gasteiger partial charge >= 0.3 is 11.9 Å². The predicted octanol–water partition coefficient (Wildman–Crippen LogP) is 31.1. The number of nitrogens with zero attached hydrogens (tertiary/aromatic N) is 1. The zero-order chi connectivity index (χ0) is 83.9. The topological polar surface area (TPSA) is 102 Å². The van der Waals surface area contributed by atoms with Gasteiger partial charge in [0.15, 0.2) is 0 Å². The van der Waals surface area contributed by atoms with E-state index in [0.717, 1.165) is 119 Å². The number of esters is 2. The number of fused-ring (bicyclic) bond motifs is 4. The number of hydrogen-bond donors (Lipinski definition) is 0. The van der Waals surface area contributed by atoms with Crippen LogP contribution in [0.15, 0.2) is 224 Å². The fourth-order valence-electron chi connectivity index (χ4n) is 20.4. The van der Waals surface area contributed by atoms with Gasteiger partial charge in [-0.25, -0.2) is 9.59 Å². The standard InChI is InChI=1S/C108H111NO9/c1-101(2,3)60-105(13,14)65-25-39-74(40-26-65)114-86-56-55-78-83(64-23-33-69(34-24-64)109(70-35-47-72(112-21)48-36-70)71-37-49-73(113-22)50-38-71)57-87(115-75-41-27-66(28-42-75)106(15,16)61-102(4,5)6)94-80-52-54-82-91-81(53-51-79(90(80)91)93(86)97(78)94)95-88(116-76-43-29-67(30-44-76)107(17,18)62-103(7,8)9)58-84-92-85(100(111)118-99(84)110)59-89(96(82)98(92)95)117-77-45-31-68(32-46-77)108(19,20)63-104(10,11)12/h23-59H,60-63H2,1-22H3. The first-order valence-corrected chi connectivity index (χ1v) is 41.6. The summed E-state index contributed by atoms with van der Waals surface area (Å²) < 4.78 is 47.0. The molecule has 0 saturated heterocycles. The summed E-state index contributed by atoms with van der Waals surface area (Å²) in [6.07, 6.45) is 3.89. The summed E-state index contributed by atoms with van der Waals surface area (Å²) in [5, 5.41) is 11.6. The van der Waals surface area contributed by atoms with Gasteiger partial charge in [-0.3, -0.25) is 0 Å². The zero-order valence-corrected chi connectivity index (χ0v) is 72.8. The van der Waals surface area contributed by atoms with Crippen LogP contribution < -0.4 is 33.3 Å². The van der Waals surface area contributed by atoms with E-state index >= 15 is 0 Å². The third-order valence-electron chi connectivity index (χ3n) is 23.9. The molecule has 1 heterocycles. The molecule has 15 aromatic rings. The largest absolute Gasteiger partial charge is 0.497 e. The van der Waals surface area contributed by atoms with Crippen molar-refractivity contribution < 1.29 is 42.7 Å². The number of rotatable bonds is 22. The molecule has 0 radical (unpaired) electrons. The van der Waals surface area contributed by atoms with Crippen LogP contribution in [-0.4, -0.2) is 26.2 Å². The summed E-state index contributed by atoms with van der Waals surface area (Å²) in [4.78, 5) is 31.7. The molecule has 15 aromatic carbocycles. The number of hydrogen-bond acceptors (Lipinski definition) is 10. The van der Waals surface area contributed by atoms with Gasteiger partial charge in [-0.1, -0.05) is 223 Å². The highest BCUT2D eigenvalue weighted by atomic mass is 16.6. The average Bonchev–Trinajstić information content (AvgIpc) is 0.673. The highest BCUT2D eigenvalue weighted by molar-refractivity contribution is 6.46. The first-order valence-electron chi connectivity index (χ1n) is 41.6.